The molecule has 0 radical (unpaired) electrons. The average molecular weight is 414 g/mol. The van der Waals surface area contributed by atoms with E-state index in [9.17, 15) is 13.2 Å². The number of furan rings is 1. The van der Waals surface area contributed by atoms with Crippen molar-refractivity contribution in [1.82, 2.24) is 5.32 Å². The highest BCUT2D eigenvalue weighted by Crippen LogP contribution is 2.26. The van der Waals surface area contributed by atoms with E-state index in [-0.39, 0.29) is 6.54 Å². The summed E-state index contributed by atoms with van der Waals surface area (Å²) in [5.74, 6) is 1.38. The van der Waals surface area contributed by atoms with Gasteiger partial charge in [0.25, 0.3) is 0 Å². The number of carbonyl (C=O) groups excluding carboxylic acids is 1. The van der Waals surface area contributed by atoms with Gasteiger partial charge in [0.1, 0.15) is 23.3 Å². The lowest BCUT2D eigenvalue weighted by molar-refractivity contribution is -0.122. The Hall–Kier alpha value is -3.26. The number of sulfonamides is 1. The van der Waals surface area contributed by atoms with Crippen molar-refractivity contribution in [3.8, 4) is 11.5 Å². The molecule has 0 fully saturated rings. The molecule has 0 aliphatic heterocycles. The summed E-state index contributed by atoms with van der Waals surface area (Å²) < 4.78 is 36.8. The van der Waals surface area contributed by atoms with E-state index >= 15 is 0 Å². The van der Waals surface area contributed by atoms with E-state index in [1.54, 1.807) is 36.4 Å². The first-order valence-corrected chi connectivity index (χ1v) is 10.8. The number of rotatable bonds is 8. The van der Waals surface area contributed by atoms with E-state index in [0.717, 1.165) is 10.6 Å². The van der Waals surface area contributed by atoms with Crippen LogP contribution in [0.1, 0.15) is 12.7 Å². The van der Waals surface area contributed by atoms with Crippen molar-refractivity contribution in [3.05, 3.63) is 78.8 Å². The van der Waals surface area contributed by atoms with Gasteiger partial charge in [-0.3, -0.25) is 9.10 Å². The molecule has 1 amide bonds. The van der Waals surface area contributed by atoms with E-state index in [1.807, 2.05) is 30.3 Å². The van der Waals surface area contributed by atoms with Gasteiger partial charge in [0.15, 0.2) is 0 Å². The summed E-state index contributed by atoms with van der Waals surface area (Å²) in [6.07, 6.45) is 2.57. The second-order valence-corrected chi connectivity index (χ2v) is 8.30. The predicted octanol–water partition coefficient (Wildman–Crippen LogP) is 3.54. The number of carbonyl (C=O) groups is 1. The highest BCUT2D eigenvalue weighted by atomic mass is 32.2. The zero-order chi connectivity index (χ0) is 20.9. The van der Waals surface area contributed by atoms with E-state index in [0.29, 0.717) is 22.9 Å². The number of benzene rings is 2. The van der Waals surface area contributed by atoms with Crippen LogP contribution in [0.4, 0.5) is 5.69 Å². The molecule has 0 aliphatic rings. The van der Waals surface area contributed by atoms with Crippen LogP contribution in [0.15, 0.2) is 77.4 Å². The molecular formula is C21H22N2O5S. The molecule has 7 nitrogen and oxygen atoms in total. The average Bonchev–Trinajstić information content (AvgIpc) is 3.21. The maximum atomic E-state index is 12.5. The molecule has 1 aromatic heterocycles. The molecule has 0 unspecified atom stereocenters. The number of anilines is 1. The maximum absolute atomic E-state index is 12.5. The van der Waals surface area contributed by atoms with Crippen molar-refractivity contribution in [3.63, 3.8) is 0 Å². The Balaban J connectivity index is 1.75. The molecule has 1 atom stereocenters. The van der Waals surface area contributed by atoms with Gasteiger partial charge in [-0.05, 0) is 55.5 Å². The molecule has 8 heteroatoms. The summed E-state index contributed by atoms with van der Waals surface area (Å²) in [7, 11) is -3.70. The van der Waals surface area contributed by atoms with Gasteiger partial charge in [-0.2, -0.15) is 0 Å². The first-order chi connectivity index (χ1) is 13.8. The predicted molar refractivity (Wildman–Crippen MR) is 110 cm³/mol. The molecule has 2 aromatic carbocycles. The van der Waals surface area contributed by atoms with Crippen LogP contribution in [0.3, 0.4) is 0 Å². The third kappa shape index (κ3) is 5.39. The lowest BCUT2D eigenvalue weighted by Gasteiger charge is -2.28. The zero-order valence-corrected chi connectivity index (χ0v) is 16.9. The Morgan fingerprint density at radius 2 is 1.69 bits per heavy atom. The fourth-order valence-corrected chi connectivity index (χ4v) is 4.00. The van der Waals surface area contributed by atoms with Crippen LogP contribution in [-0.4, -0.2) is 26.6 Å². The van der Waals surface area contributed by atoms with Crippen molar-refractivity contribution in [2.45, 2.75) is 19.5 Å². The lowest BCUT2D eigenvalue weighted by Crippen LogP contribution is -2.47. The van der Waals surface area contributed by atoms with Crippen LogP contribution < -0.4 is 14.4 Å². The maximum Gasteiger partial charge on any atom is 0.243 e. The first kappa shape index (κ1) is 20.5. The topological polar surface area (TPSA) is 88.8 Å². The summed E-state index contributed by atoms with van der Waals surface area (Å²) in [4.78, 5) is 12.5. The van der Waals surface area contributed by atoms with Gasteiger partial charge >= 0.3 is 0 Å². The third-order valence-electron chi connectivity index (χ3n) is 4.18. The number of hydrogen-bond acceptors (Lipinski definition) is 5. The standard InChI is InChI=1S/C21H22N2O5S/c1-16(21(24)22-15-20-9-6-14-27-20)23(29(2,25)26)17-10-12-19(13-11-17)28-18-7-4-3-5-8-18/h3-14,16H,15H2,1-2H3,(H,22,24)/t16-/m0/s1. The highest BCUT2D eigenvalue weighted by molar-refractivity contribution is 7.92. The molecule has 3 rings (SSSR count). The van der Waals surface area contributed by atoms with Crippen molar-refractivity contribution in [2.24, 2.45) is 0 Å². The molecule has 0 spiro atoms. The van der Waals surface area contributed by atoms with Gasteiger partial charge in [-0.25, -0.2) is 8.42 Å². The fraction of sp³-hybridized carbons (Fsp3) is 0.190. The van der Waals surface area contributed by atoms with Crippen LogP contribution in [0, 0.1) is 0 Å². The normalized spacial score (nSPS) is 12.2. The lowest BCUT2D eigenvalue weighted by atomic mass is 10.2. The van der Waals surface area contributed by atoms with Gasteiger partial charge in [-0.1, -0.05) is 18.2 Å². The van der Waals surface area contributed by atoms with Crippen LogP contribution in [-0.2, 0) is 21.4 Å². The van der Waals surface area contributed by atoms with Gasteiger partial charge in [0, 0.05) is 0 Å². The molecule has 0 aliphatic carbocycles. The molecule has 0 saturated heterocycles. The smallest absolute Gasteiger partial charge is 0.243 e. The van der Waals surface area contributed by atoms with Crippen LogP contribution in [0.5, 0.6) is 11.5 Å². The van der Waals surface area contributed by atoms with E-state index in [4.69, 9.17) is 9.15 Å². The first-order valence-electron chi connectivity index (χ1n) is 8.97. The largest absolute Gasteiger partial charge is 0.467 e. The Bertz CT molecular complexity index is 1030. The van der Waals surface area contributed by atoms with Gasteiger partial charge < -0.3 is 14.5 Å². The van der Waals surface area contributed by atoms with Crippen molar-refractivity contribution >= 4 is 21.6 Å². The Labute approximate surface area is 170 Å². The van der Waals surface area contributed by atoms with E-state index in [2.05, 4.69) is 5.32 Å². The Morgan fingerprint density at radius 3 is 2.28 bits per heavy atom. The summed E-state index contributed by atoms with van der Waals surface area (Å²) in [6.45, 7) is 1.71. The second kappa shape index (κ2) is 8.83. The number of nitrogens with one attached hydrogen (secondary N) is 1. The van der Waals surface area contributed by atoms with Gasteiger partial charge in [0.2, 0.25) is 15.9 Å². The monoisotopic (exact) mass is 414 g/mol. The molecular weight excluding hydrogens is 392 g/mol. The molecule has 3 aromatic rings. The molecule has 0 saturated carbocycles. The molecule has 1 N–H and O–H groups in total. The second-order valence-electron chi connectivity index (χ2n) is 6.44. The SMILES string of the molecule is C[C@@H](C(=O)NCc1ccco1)N(c1ccc(Oc2ccccc2)cc1)S(C)(=O)=O. The summed E-state index contributed by atoms with van der Waals surface area (Å²) in [5.41, 5.74) is 0.369. The third-order valence-corrected chi connectivity index (χ3v) is 5.42. The van der Waals surface area contributed by atoms with E-state index < -0.39 is 22.0 Å². The van der Waals surface area contributed by atoms with Crippen LogP contribution in [0.25, 0.3) is 0 Å². The zero-order valence-electron chi connectivity index (χ0n) is 16.1. The number of para-hydroxylation sites is 1. The van der Waals surface area contributed by atoms with Crippen LogP contribution in [0.2, 0.25) is 0 Å². The number of hydrogen-bond donors (Lipinski definition) is 1. The molecule has 29 heavy (non-hydrogen) atoms. The summed E-state index contributed by atoms with van der Waals surface area (Å²) in [6, 6.07) is 18.3. The van der Waals surface area contributed by atoms with Crippen molar-refractivity contribution in [2.75, 3.05) is 10.6 Å². The molecule has 0 bridgehead atoms. The van der Waals surface area contributed by atoms with Gasteiger partial charge in [0.05, 0.1) is 24.8 Å². The Morgan fingerprint density at radius 1 is 1.03 bits per heavy atom. The quantitative estimate of drug-likeness (QED) is 0.609. The number of nitrogens with zero attached hydrogens (tertiary/aromatic N) is 1. The minimum atomic E-state index is -3.70. The Kier molecular flexibility index (Phi) is 6.23. The fourth-order valence-electron chi connectivity index (χ4n) is 2.83. The minimum Gasteiger partial charge on any atom is -0.467 e. The minimum absolute atomic E-state index is 0.178. The number of ether oxygens (including phenoxy) is 1. The van der Waals surface area contributed by atoms with Gasteiger partial charge in [-0.15, -0.1) is 0 Å². The van der Waals surface area contributed by atoms with Crippen molar-refractivity contribution < 1.29 is 22.4 Å². The molecule has 1 heterocycles. The van der Waals surface area contributed by atoms with E-state index in [1.165, 1.54) is 13.2 Å². The molecule has 152 valence electrons. The number of amides is 1. The van der Waals surface area contributed by atoms with Crippen molar-refractivity contribution in [1.29, 1.82) is 0 Å². The summed E-state index contributed by atoms with van der Waals surface area (Å²) >= 11 is 0. The summed E-state index contributed by atoms with van der Waals surface area (Å²) in [5, 5.41) is 2.69. The highest BCUT2D eigenvalue weighted by Gasteiger charge is 2.29. The van der Waals surface area contributed by atoms with Crippen LogP contribution >= 0.6 is 0 Å².